The van der Waals surface area contributed by atoms with E-state index >= 15 is 0 Å². The fourth-order valence-electron chi connectivity index (χ4n) is 4.17. The number of anilines is 1. The normalized spacial score (nSPS) is 22.2. The van der Waals surface area contributed by atoms with E-state index in [0.29, 0.717) is 12.5 Å². The van der Waals surface area contributed by atoms with Crippen LogP contribution in [0.5, 0.6) is 0 Å². The highest BCUT2D eigenvalue weighted by atomic mass is 32.1. The number of carbonyl (C=O) groups is 2. The molecule has 1 fully saturated rings. The number of nitrogens with one attached hydrogen (secondary N) is 1. The minimum Gasteiger partial charge on any atom is -0.338 e. The van der Waals surface area contributed by atoms with Gasteiger partial charge in [0.2, 0.25) is 5.91 Å². The van der Waals surface area contributed by atoms with Crippen molar-refractivity contribution in [2.45, 2.75) is 39.0 Å². The number of piperidine rings is 1. The van der Waals surface area contributed by atoms with Crippen molar-refractivity contribution in [1.82, 2.24) is 4.90 Å². The van der Waals surface area contributed by atoms with E-state index in [1.165, 1.54) is 10.4 Å². The molecule has 2 heterocycles. The third-order valence-corrected chi connectivity index (χ3v) is 6.80. The van der Waals surface area contributed by atoms with Crippen LogP contribution in [-0.4, -0.2) is 29.8 Å². The fourth-order valence-corrected chi connectivity index (χ4v) is 5.41. The first kappa shape index (κ1) is 18.2. The van der Waals surface area contributed by atoms with Gasteiger partial charge < -0.3 is 10.2 Å². The van der Waals surface area contributed by atoms with Crippen molar-refractivity contribution in [1.29, 1.82) is 0 Å². The number of para-hydroxylation sites is 1. The number of nitrogens with zero attached hydrogens (tertiary/aromatic N) is 1. The van der Waals surface area contributed by atoms with E-state index in [1.807, 2.05) is 40.6 Å². The third kappa shape index (κ3) is 3.93. The van der Waals surface area contributed by atoms with Crippen LogP contribution in [0.1, 0.15) is 47.0 Å². The number of carbonyl (C=O) groups excluding carboxylic acids is 2. The van der Waals surface area contributed by atoms with E-state index in [0.717, 1.165) is 49.9 Å². The van der Waals surface area contributed by atoms with Crippen LogP contribution in [-0.2, 0) is 17.6 Å². The molecule has 1 aromatic carbocycles. The van der Waals surface area contributed by atoms with Crippen molar-refractivity contribution in [2.24, 2.45) is 11.8 Å². The smallest absolute Gasteiger partial charge is 0.255 e. The van der Waals surface area contributed by atoms with Gasteiger partial charge in [0, 0.05) is 29.0 Å². The van der Waals surface area contributed by atoms with Crippen molar-refractivity contribution < 1.29 is 9.59 Å². The minimum atomic E-state index is -0.141. The summed E-state index contributed by atoms with van der Waals surface area (Å²) in [7, 11) is 0. The zero-order valence-electron chi connectivity index (χ0n) is 15.7. The Bertz CT molecular complexity index is 830. The maximum absolute atomic E-state index is 13.1. The van der Waals surface area contributed by atoms with Gasteiger partial charge in [-0.25, -0.2) is 0 Å². The molecule has 0 bridgehead atoms. The lowest BCUT2D eigenvalue weighted by Crippen LogP contribution is -2.44. The van der Waals surface area contributed by atoms with Crippen LogP contribution < -0.4 is 5.32 Å². The summed E-state index contributed by atoms with van der Waals surface area (Å²) in [6.07, 6.45) is 4.97. The van der Waals surface area contributed by atoms with Crippen molar-refractivity contribution in [3.8, 4) is 0 Å². The molecule has 2 atom stereocenters. The monoisotopic (exact) mass is 382 g/mol. The predicted molar refractivity (Wildman–Crippen MR) is 109 cm³/mol. The summed E-state index contributed by atoms with van der Waals surface area (Å²) in [5, 5.41) is 5.03. The topological polar surface area (TPSA) is 49.4 Å². The molecular formula is C22H26N2O2S. The van der Waals surface area contributed by atoms with Gasteiger partial charge >= 0.3 is 0 Å². The fraction of sp³-hybridized carbons (Fsp3) is 0.455. The van der Waals surface area contributed by atoms with Gasteiger partial charge in [0.05, 0.1) is 11.5 Å². The van der Waals surface area contributed by atoms with Crippen molar-refractivity contribution in [2.75, 3.05) is 18.4 Å². The van der Waals surface area contributed by atoms with Gasteiger partial charge in [0.1, 0.15) is 0 Å². The van der Waals surface area contributed by atoms with E-state index in [-0.39, 0.29) is 17.7 Å². The van der Waals surface area contributed by atoms with Crippen molar-refractivity contribution >= 4 is 28.8 Å². The number of fused-ring (bicyclic) bond motifs is 1. The molecule has 1 aliphatic heterocycles. The standard InChI is InChI=1S/C22H26N2O2S/c1-15-9-10-18-19(14-27-20(18)12-15)22(26)24-11-5-6-16(13-24)21(25)23-17-7-3-2-4-8-17/h2-4,7-8,14-16H,5-6,9-13H2,1H3,(H,23,25). The molecule has 1 aromatic heterocycles. The van der Waals surface area contributed by atoms with Crippen LogP contribution >= 0.6 is 11.3 Å². The van der Waals surface area contributed by atoms with Gasteiger partial charge in [-0.1, -0.05) is 25.1 Å². The molecule has 5 heteroatoms. The van der Waals surface area contributed by atoms with Gasteiger partial charge in [-0.3, -0.25) is 9.59 Å². The van der Waals surface area contributed by atoms with E-state index in [4.69, 9.17) is 0 Å². The first-order valence-electron chi connectivity index (χ1n) is 9.86. The van der Waals surface area contributed by atoms with Gasteiger partial charge in [0.25, 0.3) is 5.91 Å². The molecule has 0 saturated carbocycles. The summed E-state index contributed by atoms with van der Waals surface area (Å²) < 4.78 is 0. The number of likely N-dealkylation sites (tertiary alicyclic amines) is 1. The lowest BCUT2D eigenvalue weighted by atomic mass is 9.88. The van der Waals surface area contributed by atoms with Gasteiger partial charge in [-0.15, -0.1) is 11.3 Å². The average molecular weight is 383 g/mol. The number of hydrogen-bond donors (Lipinski definition) is 1. The van der Waals surface area contributed by atoms with E-state index < -0.39 is 0 Å². The largest absolute Gasteiger partial charge is 0.338 e. The van der Waals surface area contributed by atoms with Crippen LogP contribution in [0.4, 0.5) is 5.69 Å². The summed E-state index contributed by atoms with van der Waals surface area (Å²) in [5.74, 6) is 0.691. The van der Waals surface area contributed by atoms with Crippen LogP contribution in [0.15, 0.2) is 35.7 Å². The molecule has 2 amide bonds. The molecule has 0 spiro atoms. The number of hydrogen-bond acceptors (Lipinski definition) is 3. The Morgan fingerprint density at radius 3 is 2.81 bits per heavy atom. The Morgan fingerprint density at radius 2 is 2.00 bits per heavy atom. The second-order valence-electron chi connectivity index (χ2n) is 7.84. The molecule has 4 rings (SSSR count). The molecule has 27 heavy (non-hydrogen) atoms. The third-order valence-electron chi connectivity index (χ3n) is 5.75. The second kappa shape index (κ2) is 7.85. The number of amides is 2. The molecule has 142 valence electrons. The van der Waals surface area contributed by atoms with Gasteiger partial charge in [-0.05, 0) is 55.7 Å². The SMILES string of the molecule is CC1CCc2c(C(=O)N3CCCC(C(=O)Nc4ccccc4)C3)csc2C1. The van der Waals surface area contributed by atoms with Gasteiger partial charge in [-0.2, -0.15) is 0 Å². The Labute approximate surface area is 164 Å². The molecular weight excluding hydrogens is 356 g/mol. The van der Waals surface area contributed by atoms with Crippen LogP contribution in [0, 0.1) is 11.8 Å². The highest BCUT2D eigenvalue weighted by Crippen LogP contribution is 2.34. The highest BCUT2D eigenvalue weighted by molar-refractivity contribution is 7.10. The predicted octanol–water partition coefficient (Wildman–Crippen LogP) is 4.36. The highest BCUT2D eigenvalue weighted by Gasteiger charge is 2.31. The molecule has 2 aromatic rings. The summed E-state index contributed by atoms with van der Waals surface area (Å²) in [5.41, 5.74) is 2.96. The van der Waals surface area contributed by atoms with Crippen LogP contribution in [0.2, 0.25) is 0 Å². The Hall–Kier alpha value is -2.14. The maximum Gasteiger partial charge on any atom is 0.255 e. The zero-order valence-corrected chi connectivity index (χ0v) is 16.6. The van der Waals surface area contributed by atoms with Crippen LogP contribution in [0.25, 0.3) is 0 Å². The molecule has 1 aliphatic carbocycles. The summed E-state index contributed by atoms with van der Waals surface area (Å²) in [6.45, 7) is 3.54. The first-order chi connectivity index (χ1) is 13.1. The zero-order chi connectivity index (χ0) is 18.8. The summed E-state index contributed by atoms with van der Waals surface area (Å²) >= 11 is 1.73. The quantitative estimate of drug-likeness (QED) is 0.857. The van der Waals surface area contributed by atoms with Crippen LogP contribution in [0.3, 0.4) is 0 Å². The molecule has 4 nitrogen and oxygen atoms in total. The summed E-state index contributed by atoms with van der Waals surface area (Å²) in [4.78, 5) is 29.1. The molecule has 0 radical (unpaired) electrons. The van der Waals surface area contributed by atoms with E-state index in [2.05, 4.69) is 12.2 Å². The number of benzene rings is 1. The molecule has 2 unspecified atom stereocenters. The van der Waals surface area contributed by atoms with Crippen molar-refractivity contribution in [3.05, 3.63) is 51.7 Å². The van der Waals surface area contributed by atoms with Gasteiger partial charge in [0.15, 0.2) is 0 Å². The Morgan fingerprint density at radius 1 is 1.19 bits per heavy atom. The maximum atomic E-state index is 13.1. The summed E-state index contributed by atoms with van der Waals surface area (Å²) in [6, 6.07) is 9.53. The second-order valence-corrected chi connectivity index (χ2v) is 8.81. The molecule has 1 N–H and O–H groups in total. The lowest BCUT2D eigenvalue weighted by molar-refractivity contribution is -0.121. The van der Waals surface area contributed by atoms with Crippen molar-refractivity contribution in [3.63, 3.8) is 0 Å². The Kier molecular flexibility index (Phi) is 5.30. The molecule has 1 saturated heterocycles. The first-order valence-corrected chi connectivity index (χ1v) is 10.7. The lowest BCUT2D eigenvalue weighted by Gasteiger charge is -2.32. The minimum absolute atomic E-state index is 0.0138. The van der Waals surface area contributed by atoms with E-state index in [9.17, 15) is 9.59 Å². The number of rotatable bonds is 3. The molecule has 2 aliphatic rings. The van der Waals surface area contributed by atoms with E-state index in [1.54, 1.807) is 11.3 Å². The number of thiophene rings is 1. The Balaban J connectivity index is 1.44. The average Bonchev–Trinajstić information content (AvgIpc) is 3.11.